The standard InChI is InChI=1S/C13H10N2O5/c16-9-5-4-7(6-10(9)17)12(18)15-11-3-1-2-8(14-11)13(19)20/h1-6,16-17H,(H,19,20)(H,14,15,18). The van der Waals surface area contributed by atoms with Gasteiger partial charge in [0, 0.05) is 5.56 Å². The number of nitrogens with one attached hydrogen (secondary N) is 1. The molecule has 0 saturated carbocycles. The second kappa shape index (κ2) is 5.27. The van der Waals surface area contributed by atoms with Crippen molar-refractivity contribution in [3.8, 4) is 11.5 Å². The molecule has 102 valence electrons. The van der Waals surface area contributed by atoms with Gasteiger partial charge in [-0.2, -0.15) is 0 Å². The van der Waals surface area contributed by atoms with Crippen LogP contribution in [0.25, 0.3) is 0 Å². The Balaban J connectivity index is 2.21. The number of carbonyl (C=O) groups is 2. The van der Waals surface area contributed by atoms with Crippen LogP contribution < -0.4 is 5.32 Å². The third-order valence-corrected chi connectivity index (χ3v) is 2.45. The van der Waals surface area contributed by atoms with Crippen LogP contribution in [0.3, 0.4) is 0 Å². The molecule has 0 bridgehead atoms. The lowest BCUT2D eigenvalue weighted by molar-refractivity contribution is 0.0690. The fourth-order valence-electron chi connectivity index (χ4n) is 1.48. The third kappa shape index (κ3) is 2.83. The first kappa shape index (κ1) is 13.3. The fourth-order valence-corrected chi connectivity index (χ4v) is 1.48. The topological polar surface area (TPSA) is 120 Å². The van der Waals surface area contributed by atoms with Gasteiger partial charge in [0.25, 0.3) is 5.91 Å². The normalized spacial score (nSPS) is 10.0. The van der Waals surface area contributed by atoms with Gasteiger partial charge in [-0.05, 0) is 30.3 Å². The number of aromatic hydroxyl groups is 2. The lowest BCUT2D eigenvalue weighted by Crippen LogP contribution is -2.14. The maximum Gasteiger partial charge on any atom is 0.354 e. The molecule has 0 aliphatic rings. The van der Waals surface area contributed by atoms with Crippen molar-refractivity contribution in [3.63, 3.8) is 0 Å². The summed E-state index contributed by atoms with van der Waals surface area (Å²) in [7, 11) is 0. The minimum Gasteiger partial charge on any atom is -0.504 e. The Kier molecular flexibility index (Phi) is 3.52. The van der Waals surface area contributed by atoms with Crippen LogP contribution >= 0.6 is 0 Å². The number of aromatic nitrogens is 1. The number of phenols is 2. The number of carboxylic acid groups (broad SMARTS) is 1. The number of amides is 1. The molecule has 1 aromatic heterocycles. The van der Waals surface area contributed by atoms with Crippen molar-refractivity contribution in [1.29, 1.82) is 0 Å². The van der Waals surface area contributed by atoms with Crippen molar-refractivity contribution in [2.75, 3.05) is 5.32 Å². The highest BCUT2D eigenvalue weighted by molar-refractivity contribution is 6.04. The van der Waals surface area contributed by atoms with Crippen LogP contribution in [0.5, 0.6) is 11.5 Å². The Morgan fingerprint density at radius 2 is 1.80 bits per heavy atom. The minimum absolute atomic E-state index is 0.0717. The highest BCUT2D eigenvalue weighted by Crippen LogP contribution is 2.25. The second-order valence-corrected chi connectivity index (χ2v) is 3.87. The average Bonchev–Trinajstić information content (AvgIpc) is 2.42. The zero-order valence-electron chi connectivity index (χ0n) is 10.1. The number of carboxylic acids is 1. The molecule has 0 fully saturated rings. The van der Waals surface area contributed by atoms with E-state index in [0.29, 0.717) is 0 Å². The van der Waals surface area contributed by atoms with E-state index in [-0.39, 0.29) is 22.8 Å². The molecule has 2 rings (SSSR count). The van der Waals surface area contributed by atoms with E-state index >= 15 is 0 Å². The zero-order valence-corrected chi connectivity index (χ0v) is 10.1. The smallest absolute Gasteiger partial charge is 0.354 e. The summed E-state index contributed by atoms with van der Waals surface area (Å²) < 4.78 is 0. The number of hydrogen-bond donors (Lipinski definition) is 4. The summed E-state index contributed by atoms with van der Waals surface area (Å²) in [4.78, 5) is 26.4. The van der Waals surface area contributed by atoms with E-state index in [9.17, 15) is 14.7 Å². The van der Waals surface area contributed by atoms with Crippen LogP contribution in [0.1, 0.15) is 20.8 Å². The Morgan fingerprint density at radius 1 is 1.05 bits per heavy atom. The molecule has 0 aliphatic carbocycles. The molecule has 1 amide bonds. The molecule has 20 heavy (non-hydrogen) atoms. The number of phenolic OH excluding ortho intramolecular Hbond substituents is 2. The van der Waals surface area contributed by atoms with Gasteiger partial charge in [0.1, 0.15) is 5.82 Å². The Hall–Kier alpha value is -3.09. The van der Waals surface area contributed by atoms with Gasteiger partial charge in [-0.1, -0.05) is 6.07 Å². The Morgan fingerprint density at radius 3 is 2.45 bits per heavy atom. The number of hydrogen-bond acceptors (Lipinski definition) is 5. The molecule has 7 heteroatoms. The Labute approximate surface area is 113 Å². The van der Waals surface area contributed by atoms with E-state index in [1.807, 2.05) is 0 Å². The summed E-state index contributed by atoms with van der Waals surface area (Å²) in [5.74, 6) is -2.49. The first-order valence-corrected chi connectivity index (χ1v) is 5.51. The highest BCUT2D eigenvalue weighted by Gasteiger charge is 2.11. The summed E-state index contributed by atoms with van der Waals surface area (Å²) in [6.45, 7) is 0. The molecule has 7 nitrogen and oxygen atoms in total. The molecular weight excluding hydrogens is 264 g/mol. The summed E-state index contributed by atoms with van der Waals surface area (Å²) in [5, 5.41) is 29.6. The molecule has 1 aromatic carbocycles. The third-order valence-electron chi connectivity index (χ3n) is 2.45. The molecule has 0 atom stereocenters. The largest absolute Gasteiger partial charge is 0.504 e. The van der Waals surface area contributed by atoms with E-state index in [4.69, 9.17) is 10.2 Å². The first-order chi connectivity index (χ1) is 9.47. The zero-order chi connectivity index (χ0) is 14.7. The van der Waals surface area contributed by atoms with E-state index in [1.165, 1.54) is 30.3 Å². The van der Waals surface area contributed by atoms with Crippen molar-refractivity contribution < 1.29 is 24.9 Å². The number of anilines is 1. The van der Waals surface area contributed by atoms with Crippen molar-refractivity contribution in [3.05, 3.63) is 47.7 Å². The molecule has 0 saturated heterocycles. The Bertz CT molecular complexity index is 684. The SMILES string of the molecule is O=C(Nc1cccc(C(=O)O)n1)c1ccc(O)c(O)c1. The van der Waals surface area contributed by atoms with E-state index in [0.717, 1.165) is 6.07 Å². The van der Waals surface area contributed by atoms with Gasteiger partial charge in [-0.15, -0.1) is 0 Å². The van der Waals surface area contributed by atoms with E-state index < -0.39 is 17.6 Å². The maximum absolute atomic E-state index is 11.9. The van der Waals surface area contributed by atoms with E-state index in [1.54, 1.807) is 0 Å². The number of pyridine rings is 1. The van der Waals surface area contributed by atoms with Crippen LogP contribution in [-0.2, 0) is 0 Å². The molecule has 0 radical (unpaired) electrons. The lowest BCUT2D eigenvalue weighted by Gasteiger charge is -2.06. The van der Waals surface area contributed by atoms with Crippen LogP contribution in [0, 0.1) is 0 Å². The summed E-state index contributed by atoms with van der Waals surface area (Å²) >= 11 is 0. The maximum atomic E-state index is 11.9. The minimum atomic E-state index is -1.21. The number of benzene rings is 1. The number of rotatable bonds is 3. The first-order valence-electron chi connectivity index (χ1n) is 5.51. The molecule has 0 aliphatic heterocycles. The molecule has 0 unspecified atom stereocenters. The summed E-state index contributed by atoms with van der Waals surface area (Å²) in [6, 6.07) is 7.75. The molecule has 4 N–H and O–H groups in total. The monoisotopic (exact) mass is 274 g/mol. The van der Waals surface area contributed by atoms with Crippen molar-refractivity contribution in [1.82, 2.24) is 4.98 Å². The van der Waals surface area contributed by atoms with Gasteiger partial charge < -0.3 is 20.6 Å². The average molecular weight is 274 g/mol. The molecular formula is C13H10N2O5. The molecule has 0 spiro atoms. The van der Waals surface area contributed by atoms with Crippen molar-refractivity contribution in [2.24, 2.45) is 0 Å². The second-order valence-electron chi connectivity index (χ2n) is 3.87. The predicted octanol–water partition coefficient (Wildman–Crippen LogP) is 1.44. The number of carbonyl (C=O) groups excluding carboxylic acids is 1. The van der Waals surface area contributed by atoms with Gasteiger partial charge >= 0.3 is 5.97 Å². The molecule has 2 aromatic rings. The summed E-state index contributed by atoms with van der Waals surface area (Å²) in [5.41, 5.74) is -0.0980. The van der Waals surface area contributed by atoms with Crippen LogP contribution in [0.4, 0.5) is 5.82 Å². The number of nitrogens with zero attached hydrogens (tertiary/aromatic N) is 1. The fraction of sp³-hybridized carbons (Fsp3) is 0. The van der Waals surface area contributed by atoms with Crippen LogP contribution in [0.2, 0.25) is 0 Å². The lowest BCUT2D eigenvalue weighted by atomic mass is 10.2. The highest BCUT2D eigenvalue weighted by atomic mass is 16.4. The van der Waals surface area contributed by atoms with Crippen molar-refractivity contribution in [2.45, 2.75) is 0 Å². The molecule has 1 heterocycles. The van der Waals surface area contributed by atoms with Gasteiger partial charge in [0.15, 0.2) is 17.2 Å². The van der Waals surface area contributed by atoms with Gasteiger partial charge in [0.05, 0.1) is 0 Å². The predicted molar refractivity (Wildman–Crippen MR) is 68.9 cm³/mol. The quantitative estimate of drug-likeness (QED) is 0.629. The van der Waals surface area contributed by atoms with E-state index in [2.05, 4.69) is 10.3 Å². The summed E-state index contributed by atoms with van der Waals surface area (Å²) in [6.07, 6.45) is 0. The van der Waals surface area contributed by atoms with Crippen LogP contribution in [0.15, 0.2) is 36.4 Å². The number of aromatic carboxylic acids is 1. The van der Waals surface area contributed by atoms with Gasteiger partial charge in [-0.25, -0.2) is 9.78 Å². The van der Waals surface area contributed by atoms with Gasteiger partial charge in [0.2, 0.25) is 0 Å². The van der Waals surface area contributed by atoms with Crippen LogP contribution in [-0.4, -0.2) is 32.2 Å². The van der Waals surface area contributed by atoms with Gasteiger partial charge in [-0.3, -0.25) is 4.79 Å². The van der Waals surface area contributed by atoms with Crippen molar-refractivity contribution >= 4 is 17.7 Å².